The van der Waals surface area contributed by atoms with Crippen LogP contribution in [0.5, 0.6) is 5.75 Å². The van der Waals surface area contributed by atoms with Gasteiger partial charge in [-0.15, -0.1) is 0 Å². The van der Waals surface area contributed by atoms with Crippen molar-refractivity contribution in [1.29, 1.82) is 5.26 Å². The Balaban J connectivity index is 1.93. The van der Waals surface area contributed by atoms with Crippen molar-refractivity contribution in [2.75, 3.05) is 25.6 Å². The molecule has 0 radical (unpaired) electrons. The highest BCUT2D eigenvalue weighted by Crippen LogP contribution is 2.33. The molecule has 1 saturated heterocycles. The second kappa shape index (κ2) is 10.9. The average molecular weight is 468 g/mol. The van der Waals surface area contributed by atoms with Crippen LogP contribution < -0.4 is 4.74 Å². The highest BCUT2D eigenvalue weighted by molar-refractivity contribution is 7.91. The van der Waals surface area contributed by atoms with E-state index in [4.69, 9.17) is 14.2 Å². The van der Waals surface area contributed by atoms with Crippen LogP contribution in [-0.2, 0) is 24.1 Å². The van der Waals surface area contributed by atoms with Crippen LogP contribution in [0.4, 0.5) is 4.39 Å². The number of hydrogen-bond acceptors (Lipinski definition) is 7. The first-order valence-corrected chi connectivity index (χ1v) is 12.1. The van der Waals surface area contributed by atoms with Crippen LogP contribution in [0.2, 0.25) is 0 Å². The molecule has 0 aromatic heterocycles. The molecule has 1 aromatic carbocycles. The zero-order valence-electron chi connectivity index (χ0n) is 18.7. The van der Waals surface area contributed by atoms with E-state index in [1.54, 1.807) is 20.8 Å². The van der Waals surface area contributed by atoms with E-state index in [9.17, 15) is 22.9 Å². The molecule has 7 nitrogen and oxygen atoms in total. The lowest BCUT2D eigenvalue weighted by Gasteiger charge is -2.30. The molecule has 1 aromatic rings. The summed E-state index contributed by atoms with van der Waals surface area (Å²) < 4.78 is 54.7. The molecule has 1 fully saturated rings. The summed E-state index contributed by atoms with van der Waals surface area (Å²) in [4.78, 5) is 11.9. The standard InChI is InChI=1S/C23H30FNO6S/c1-22(2,3)31-21(26)9-4-18(14-24)15-30-19-5-7-20(8-6-19)32(27,28)17-23(16-25)10-12-29-13-11-23/h5-8,14H,4,9-13,15,17H2,1-3H3/b18-14+. The van der Waals surface area contributed by atoms with Crippen LogP contribution in [0, 0.1) is 16.7 Å². The van der Waals surface area contributed by atoms with Gasteiger partial charge in [0.25, 0.3) is 0 Å². The molecule has 9 heteroatoms. The zero-order valence-corrected chi connectivity index (χ0v) is 19.5. The number of nitrogens with zero attached hydrogens (tertiary/aromatic N) is 1. The van der Waals surface area contributed by atoms with Crippen molar-refractivity contribution in [3.8, 4) is 11.8 Å². The number of sulfone groups is 1. The van der Waals surface area contributed by atoms with Crippen molar-refractivity contribution in [2.45, 2.75) is 57.0 Å². The van der Waals surface area contributed by atoms with Gasteiger partial charge in [-0.1, -0.05) is 0 Å². The fraction of sp³-hybridized carbons (Fsp3) is 0.565. The number of hydrogen-bond donors (Lipinski definition) is 0. The fourth-order valence-corrected chi connectivity index (χ4v) is 5.03. The smallest absolute Gasteiger partial charge is 0.306 e. The molecule has 1 aliphatic heterocycles. The summed E-state index contributed by atoms with van der Waals surface area (Å²) in [5, 5.41) is 9.52. The summed E-state index contributed by atoms with van der Waals surface area (Å²) in [5.74, 6) is -0.327. The SMILES string of the molecule is CC(C)(C)OC(=O)CC/C(=C\F)COc1ccc(S(=O)(=O)CC2(C#N)CCOCC2)cc1. The lowest BCUT2D eigenvalue weighted by Crippen LogP contribution is -2.35. The number of rotatable bonds is 9. The van der Waals surface area contributed by atoms with Crippen LogP contribution in [0.1, 0.15) is 46.5 Å². The van der Waals surface area contributed by atoms with Gasteiger partial charge in [0.2, 0.25) is 0 Å². The fourth-order valence-electron chi connectivity index (χ4n) is 3.23. The molecular formula is C23H30FNO6S. The Labute approximate surface area is 189 Å². The Morgan fingerprint density at radius 3 is 2.38 bits per heavy atom. The van der Waals surface area contributed by atoms with E-state index in [1.165, 1.54) is 24.3 Å². The van der Waals surface area contributed by atoms with Crippen molar-refractivity contribution in [1.82, 2.24) is 0 Å². The third-order valence-electron chi connectivity index (χ3n) is 4.99. The third-order valence-corrected chi connectivity index (χ3v) is 6.91. The predicted octanol–water partition coefficient (Wildman–Crippen LogP) is 4.13. The normalized spacial score (nSPS) is 16.8. The molecule has 0 saturated carbocycles. The molecule has 0 amide bonds. The van der Waals surface area contributed by atoms with Crippen LogP contribution in [-0.4, -0.2) is 45.6 Å². The molecular weight excluding hydrogens is 437 g/mol. The molecule has 2 rings (SSSR count). The van der Waals surface area contributed by atoms with Gasteiger partial charge in [-0.05, 0) is 69.9 Å². The molecule has 32 heavy (non-hydrogen) atoms. The summed E-state index contributed by atoms with van der Waals surface area (Å²) in [7, 11) is -3.67. The largest absolute Gasteiger partial charge is 0.489 e. The molecule has 1 aliphatic rings. The molecule has 0 unspecified atom stereocenters. The molecule has 1 heterocycles. The maximum Gasteiger partial charge on any atom is 0.306 e. The summed E-state index contributed by atoms with van der Waals surface area (Å²) in [5.41, 5.74) is -1.27. The van der Waals surface area contributed by atoms with E-state index in [0.29, 0.717) is 38.1 Å². The minimum absolute atomic E-state index is 0.0270. The van der Waals surface area contributed by atoms with Gasteiger partial charge in [-0.3, -0.25) is 4.79 Å². The molecule has 0 aliphatic carbocycles. The van der Waals surface area contributed by atoms with Gasteiger partial charge in [-0.25, -0.2) is 12.8 Å². The molecule has 0 atom stereocenters. The van der Waals surface area contributed by atoms with E-state index in [2.05, 4.69) is 6.07 Å². The number of carbonyl (C=O) groups is 1. The van der Waals surface area contributed by atoms with Crippen molar-refractivity contribution in [2.24, 2.45) is 5.41 Å². The number of ether oxygens (including phenoxy) is 3. The second-order valence-corrected chi connectivity index (χ2v) is 10.9. The van der Waals surface area contributed by atoms with Crippen LogP contribution in [0.3, 0.4) is 0 Å². The topological polar surface area (TPSA) is 103 Å². The summed E-state index contributed by atoms with van der Waals surface area (Å²) in [6, 6.07) is 7.96. The third kappa shape index (κ3) is 7.92. The maximum atomic E-state index is 13.2. The molecule has 0 bridgehead atoms. The Kier molecular flexibility index (Phi) is 8.81. The van der Waals surface area contributed by atoms with Gasteiger partial charge in [-0.2, -0.15) is 5.26 Å². The Morgan fingerprint density at radius 2 is 1.84 bits per heavy atom. The van der Waals surface area contributed by atoms with Gasteiger partial charge in [0, 0.05) is 19.6 Å². The Hall–Kier alpha value is -2.44. The lowest BCUT2D eigenvalue weighted by atomic mass is 9.84. The van der Waals surface area contributed by atoms with E-state index < -0.39 is 26.8 Å². The number of nitriles is 1. The first-order chi connectivity index (χ1) is 15.0. The van der Waals surface area contributed by atoms with Crippen molar-refractivity contribution >= 4 is 15.8 Å². The summed E-state index contributed by atoms with van der Waals surface area (Å²) in [6.45, 7) is 5.93. The van der Waals surface area contributed by atoms with E-state index in [0.717, 1.165) is 0 Å². The highest BCUT2D eigenvalue weighted by atomic mass is 32.2. The second-order valence-electron chi connectivity index (χ2n) is 8.88. The summed E-state index contributed by atoms with van der Waals surface area (Å²) >= 11 is 0. The van der Waals surface area contributed by atoms with E-state index in [-0.39, 0.29) is 35.7 Å². The van der Waals surface area contributed by atoms with Crippen molar-refractivity contribution in [3.63, 3.8) is 0 Å². The van der Waals surface area contributed by atoms with E-state index in [1.807, 2.05) is 0 Å². The van der Waals surface area contributed by atoms with Crippen LogP contribution >= 0.6 is 0 Å². The lowest BCUT2D eigenvalue weighted by molar-refractivity contribution is -0.154. The van der Waals surface area contributed by atoms with Gasteiger partial charge in [0.05, 0.1) is 28.5 Å². The van der Waals surface area contributed by atoms with Crippen LogP contribution in [0.25, 0.3) is 0 Å². The minimum atomic E-state index is -3.67. The first kappa shape index (κ1) is 25.8. The average Bonchev–Trinajstić information content (AvgIpc) is 2.73. The van der Waals surface area contributed by atoms with Gasteiger partial charge in [0.15, 0.2) is 9.84 Å². The number of esters is 1. The first-order valence-electron chi connectivity index (χ1n) is 10.4. The molecule has 0 spiro atoms. The zero-order chi connectivity index (χ0) is 23.8. The van der Waals surface area contributed by atoms with Gasteiger partial charge >= 0.3 is 5.97 Å². The predicted molar refractivity (Wildman–Crippen MR) is 116 cm³/mol. The minimum Gasteiger partial charge on any atom is -0.489 e. The highest BCUT2D eigenvalue weighted by Gasteiger charge is 2.38. The van der Waals surface area contributed by atoms with E-state index >= 15 is 0 Å². The van der Waals surface area contributed by atoms with Crippen LogP contribution in [0.15, 0.2) is 41.1 Å². The quantitative estimate of drug-likeness (QED) is 0.503. The Bertz CT molecular complexity index is 952. The summed E-state index contributed by atoms with van der Waals surface area (Å²) in [6.07, 6.45) is 1.34. The van der Waals surface area contributed by atoms with Crippen molar-refractivity contribution in [3.05, 3.63) is 36.2 Å². The molecule has 176 valence electrons. The van der Waals surface area contributed by atoms with Gasteiger partial charge < -0.3 is 14.2 Å². The number of carbonyl (C=O) groups excluding carboxylic acids is 1. The maximum absolute atomic E-state index is 13.2. The Morgan fingerprint density at radius 1 is 1.22 bits per heavy atom. The number of benzene rings is 1. The van der Waals surface area contributed by atoms with Crippen molar-refractivity contribution < 1.29 is 31.8 Å². The van der Waals surface area contributed by atoms with Gasteiger partial charge in [0.1, 0.15) is 18.0 Å². The number of halogens is 1. The molecule has 0 N–H and O–H groups in total. The monoisotopic (exact) mass is 467 g/mol.